The first kappa shape index (κ1) is 19.6. The van der Waals surface area contributed by atoms with E-state index in [-0.39, 0.29) is 5.91 Å². The molecule has 1 aliphatic rings. The van der Waals surface area contributed by atoms with Crippen LogP contribution in [-0.4, -0.2) is 23.0 Å². The number of rotatable bonds is 4. The predicted octanol–water partition coefficient (Wildman–Crippen LogP) is 6.40. The average Bonchev–Trinajstić information content (AvgIpc) is 3.30. The van der Waals surface area contributed by atoms with Gasteiger partial charge in [0.25, 0.3) is 5.91 Å². The standard InChI is InChI=1S/C23H19ClN2O2S/c1-3-15-4-10-18(11-5-15)25-23-26(2)22(27)21(29-23)14-19-12-13-20(28-19)16-6-8-17(24)9-7-16/h4-14H,3H2,1-2H3. The highest BCUT2D eigenvalue weighted by molar-refractivity contribution is 8.18. The Morgan fingerprint density at radius 1 is 1.07 bits per heavy atom. The molecule has 4 rings (SSSR count). The largest absolute Gasteiger partial charge is 0.457 e. The topological polar surface area (TPSA) is 45.8 Å². The Labute approximate surface area is 178 Å². The van der Waals surface area contributed by atoms with Crippen LogP contribution in [0.3, 0.4) is 0 Å². The van der Waals surface area contributed by atoms with Crippen LogP contribution in [0.4, 0.5) is 5.69 Å². The molecule has 0 atom stereocenters. The first-order chi connectivity index (χ1) is 14.0. The second kappa shape index (κ2) is 8.31. The molecule has 3 aromatic rings. The second-order valence-corrected chi connectivity index (χ2v) is 8.04. The fourth-order valence-electron chi connectivity index (χ4n) is 2.90. The highest BCUT2D eigenvalue weighted by Crippen LogP contribution is 2.34. The molecule has 0 bridgehead atoms. The van der Waals surface area contributed by atoms with Crippen LogP contribution >= 0.6 is 23.4 Å². The van der Waals surface area contributed by atoms with E-state index in [0.29, 0.717) is 20.9 Å². The van der Waals surface area contributed by atoms with Gasteiger partial charge in [0.15, 0.2) is 5.17 Å². The number of amides is 1. The predicted molar refractivity (Wildman–Crippen MR) is 120 cm³/mol. The molecular weight excluding hydrogens is 404 g/mol. The van der Waals surface area contributed by atoms with E-state index >= 15 is 0 Å². The molecule has 0 unspecified atom stereocenters. The van der Waals surface area contributed by atoms with E-state index in [4.69, 9.17) is 16.0 Å². The van der Waals surface area contributed by atoms with Crippen LogP contribution in [0, 0.1) is 0 Å². The first-order valence-electron chi connectivity index (χ1n) is 9.24. The summed E-state index contributed by atoms with van der Waals surface area (Å²) in [5, 5.41) is 1.32. The summed E-state index contributed by atoms with van der Waals surface area (Å²) in [5.74, 6) is 1.25. The van der Waals surface area contributed by atoms with E-state index in [0.717, 1.165) is 23.4 Å². The van der Waals surface area contributed by atoms with E-state index in [1.54, 1.807) is 18.0 Å². The Morgan fingerprint density at radius 3 is 2.48 bits per heavy atom. The van der Waals surface area contributed by atoms with Gasteiger partial charge in [-0.25, -0.2) is 4.99 Å². The minimum Gasteiger partial charge on any atom is -0.457 e. The summed E-state index contributed by atoms with van der Waals surface area (Å²) in [6, 6.07) is 19.2. The molecule has 1 aromatic heterocycles. The van der Waals surface area contributed by atoms with Crippen LogP contribution in [0.25, 0.3) is 17.4 Å². The van der Waals surface area contributed by atoms with Gasteiger partial charge in [0.2, 0.25) is 0 Å². The summed E-state index contributed by atoms with van der Waals surface area (Å²) < 4.78 is 5.89. The third kappa shape index (κ3) is 4.31. The van der Waals surface area contributed by atoms with Crippen molar-refractivity contribution >= 4 is 46.2 Å². The molecule has 0 N–H and O–H groups in total. The van der Waals surface area contributed by atoms with Crippen molar-refractivity contribution in [3.63, 3.8) is 0 Å². The normalized spacial score (nSPS) is 16.9. The molecule has 4 nitrogen and oxygen atoms in total. The number of aryl methyl sites for hydroxylation is 1. The van der Waals surface area contributed by atoms with Gasteiger partial charge in [0, 0.05) is 23.7 Å². The fraction of sp³-hybridized carbons (Fsp3) is 0.130. The number of nitrogens with zero attached hydrogens (tertiary/aromatic N) is 2. The van der Waals surface area contributed by atoms with E-state index in [2.05, 4.69) is 24.0 Å². The van der Waals surface area contributed by atoms with Gasteiger partial charge >= 0.3 is 0 Å². The van der Waals surface area contributed by atoms with Gasteiger partial charge in [0.1, 0.15) is 11.5 Å². The van der Waals surface area contributed by atoms with Crippen LogP contribution in [0.2, 0.25) is 5.02 Å². The van der Waals surface area contributed by atoms with Gasteiger partial charge < -0.3 is 4.42 Å². The van der Waals surface area contributed by atoms with E-state index in [1.165, 1.54) is 17.3 Å². The summed E-state index contributed by atoms with van der Waals surface area (Å²) >= 11 is 7.28. The van der Waals surface area contributed by atoms with Gasteiger partial charge in [-0.1, -0.05) is 30.7 Å². The monoisotopic (exact) mass is 422 g/mol. The second-order valence-electron chi connectivity index (χ2n) is 6.60. The van der Waals surface area contributed by atoms with Crippen LogP contribution in [0.1, 0.15) is 18.2 Å². The number of carbonyl (C=O) groups excluding carboxylic acids is 1. The van der Waals surface area contributed by atoms with Crippen molar-refractivity contribution in [2.45, 2.75) is 13.3 Å². The van der Waals surface area contributed by atoms with E-state index < -0.39 is 0 Å². The zero-order valence-electron chi connectivity index (χ0n) is 16.1. The zero-order valence-corrected chi connectivity index (χ0v) is 17.6. The number of furan rings is 1. The number of hydrogen-bond acceptors (Lipinski definition) is 4. The van der Waals surface area contributed by atoms with E-state index in [1.807, 2.05) is 48.5 Å². The molecule has 29 heavy (non-hydrogen) atoms. The molecule has 2 aromatic carbocycles. The Morgan fingerprint density at radius 2 is 1.79 bits per heavy atom. The quantitative estimate of drug-likeness (QED) is 0.457. The fourth-order valence-corrected chi connectivity index (χ4v) is 3.99. The first-order valence-corrected chi connectivity index (χ1v) is 10.4. The molecule has 0 spiro atoms. The van der Waals surface area contributed by atoms with Crippen molar-refractivity contribution in [2.75, 3.05) is 7.05 Å². The van der Waals surface area contributed by atoms with Crippen LogP contribution in [-0.2, 0) is 11.2 Å². The third-order valence-electron chi connectivity index (χ3n) is 4.60. The maximum absolute atomic E-state index is 12.6. The highest BCUT2D eigenvalue weighted by Gasteiger charge is 2.30. The highest BCUT2D eigenvalue weighted by atomic mass is 35.5. The molecule has 0 saturated carbocycles. The van der Waals surface area contributed by atoms with Crippen LogP contribution in [0.15, 0.2) is 75.0 Å². The van der Waals surface area contributed by atoms with Crippen LogP contribution < -0.4 is 0 Å². The van der Waals surface area contributed by atoms with Crippen molar-refractivity contribution in [1.82, 2.24) is 4.90 Å². The lowest BCUT2D eigenvalue weighted by Gasteiger charge is -2.07. The SMILES string of the molecule is CCc1ccc(N=C2SC(=Cc3ccc(-c4ccc(Cl)cc4)o3)C(=O)N2C)cc1. The Kier molecular flexibility index (Phi) is 5.60. The molecule has 2 heterocycles. The van der Waals surface area contributed by atoms with E-state index in [9.17, 15) is 4.79 Å². The van der Waals surface area contributed by atoms with Crippen molar-refractivity contribution < 1.29 is 9.21 Å². The molecule has 146 valence electrons. The van der Waals surface area contributed by atoms with Gasteiger partial charge in [-0.15, -0.1) is 0 Å². The van der Waals surface area contributed by atoms with Gasteiger partial charge in [-0.2, -0.15) is 0 Å². The summed E-state index contributed by atoms with van der Waals surface area (Å²) in [7, 11) is 1.73. The molecule has 1 fully saturated rings. The summed E-state index contributed by atoms with van der Waals surface area (Å²) in [6.45, 7) is 2.12. The third-order valence-corrected chi connectivity index (χ3v) is 5.91. The maximum Gasteiger partial charge on any atom is 0.266 e. The lowest BCUT2D eigenvalue weighted by atomic mass is 10.2. The molecule has 0 radical (unpaired) electrons. The molecular formula is C23H19ClN2O2S. The molecule has 1 saturated heterocycles. The number of amidine groups is 1. The smallest absolute Gasteiger partial charge is 0.266 e. The Bertz CT molecular complexity index is 1100. The molecule has 6 heteroatoms. The van der Waals surface area contributed by atoms with Crippen LogP contribution in [0.5, 0.6) is 0 Å². The lowest BCUT2D eigenvalue weighted by Crippen LogP contribution is -2.23. The minimum atomic E-state index is -0.0941. The maximum atomic E-state index is 12.6. The number of thioether (sulfide) groups is 1. The van der Waals surface area contributed by atoms with Crippen molar-refractivity contribution in [1.29, 1.82) is 0 Å². The van der Waals surface area contributed by atoms with Gasteiger partial charge in [-0.3, -0.25) is 9.69 Å². The van der Waals surface area contributed by atoms with Gasteiger partial charge in [0.05, 0.1) is 10.6 Å². The number of hydrogen-bond donors (Lipinski definition) is 0. The zero-order chi connectivity index (χ0) is 20.4. The Balaban J connectivity index is 1.56. The average molecular weight is 423 g/mol. The lowest BCUT2D eigenvalue weighted by molar-refractivity contribution is -0.121. The number of halogens is 1. The number of carbonyl (C=O) groups is 1. The number of aliphatic imine (C=N–C) groups is 1. The summed E-state index contributed by atoms with van der Waals surface area (Å²) in [5.41, 5.74) is 3.01. The Hall–Kier alpha value is -2.76. The molecule has 1 amide bonds. The van der Waals surface area contributed by atoms with Crippen molar-refractivity contribution in [3.8, 4) is 11.3 Å². The summed E-state index contributed by atoms with van der Waals surface area (Å²) in [6.07, 6.45) is 2.74. The van der Waals surface area contributed by atoms with Gasteiger partial charge in [-0.05, 0) is 72.3 Å². The molecule has 0 aliphatic carbocycles. The number of likely N-dealkylation sites (N-methyl/N-ethyl adjacent to an activating group) is 1. The number of benzene rings is 2. The minimum absolute atomic E-state index is 0.0941. The molecule has 1 aliphatic heterocycles. The van der Waals surface area contributed by atoms with Crippen molar-refractivity contribution in [2.24, 2.45) is 4.99 Å². The van der Waals surface area contributed by atoms with Crippen molar-refractivity contribution in [3.05, 3.63) is 81.9 Å². The summed E-state index contributed by atoms with van der Waals surface area (Å²) in [4.78, 5) is 19.4.